The molecule has 3 unspecified atom stereocenters. The number of hydrazine groups is 1. The number of amides is 1. The lowest BCUT2D eigenvalue weighted by Gasteiger charge is -2.38. The van der Waals surface area contributed by atoms with Gasteiger partial charge in [-0.2, -0.15) is 0 Å². The van der Waals surface area contributed by atoms with Gasteiger partial charge in [0.15, 0.2) is 0 Å². The summed E-state index contributed by atoms with van der Waals surface area (Å²) in [6, 6.07) is 13.5. The molecular formula is C24H31N5O. The lowest BCUT2D eigenvalue weighted by Crippen LogP contribution is -2.46. The molecular weight excluding hydrogens is 374 g/mol. The van der Waals surface area contributed by atoms with E-state index in [1.165, 1.54) is 17.5 Å². The van der Waals surface area contributed by atoms with Gasteiger partial charge in [0.25, 0.3) is 5.91 Å². The Morgan fingerprint density at radius 1 is 1.17 bits per heavy atom. The van der Waals surface area contributed by atoms with Crippen LogP contribution in [0.5, 0.6) is 0 Å². The average molecular weight is 406 g/mol. The number of pyridine rings is 1. The molecule has 0 bridgehead atoms. The number of rotatable bonds is 5. The zero-order valence-corrected chi connectivity index (χ0v) is 17.6. The average Bonchev–Trinajstić information content (AvgIpc) is 3.46. The quantitative estimate of drug-likeness (QED) is 0.714. The Kier molecular flexibility index (Phi) is 5.44. The number of benzene rings is 1. The molecule has 1 aliphatic carbocycles. The van der Waals surface area contributed by atoms with E-state index in [0.717, 1.165) is 44.7 Å². The van der Waals surface area contributed by atoms with Crippen LogP contribution in [0.25, 0.3) is 0 Å². The molecule has 3 N–H and O–H groups in total. The zero-order chi connectivity index (χ0) is 20.5. The number of hydrogen-bond acceptors (Lipinski definition) is 5. The lowest BCUT2D eigenvalue weighted by molar-refractivity contribution is 0.0951. The summed E-state index contributed by atoms with van der Waals surface area (Å²) in [6.45, 7) is 5.05. The minimum atomic E-state index is 0.0239. The fraction of sp³-hybridized carbons (Fsp3) is 0.500. The third-order valence-electron chi connectivity index (χ3n) is 6.74. The first-order valence-corrected chi connectivity index (χ1v) is 11.2. The largest absolute Gasteiger partial charge is 0.356 e. The number of aromatic nitrogens is 1. The maximum Gasteiger partial charge on any atom is 0.251 e. The topological polar surface area (TPSA) is 69.3 Å². The normalized spacial score (nSPS) is 26.6. The smallest absolute Gasteiger partial charge is 0.251 e. The predicted octanol–water partition coefficient (Wildman–Crippen LogP) is 2.76. The van der Waals surface area contributed by atoms with Crippen LogP contribution in [-0.4, -0.2) is 42.6 Å². The summed E-state index contributed by atoms with van der Waals surface area (Å²) in [4.78, 5) is 19.4. The number of carbonyl (C=O) groups is 1. The molecule has 1 aromatic carbocycles. The monoisotopic (exact) mass is 405 g/mol. The van der Waals surface area contributed by atoms with Gasteiger partial charge in [-0.3, -0.25) is 15.6 Å². The number of nitrogens with zero attached hydrogens (tertiary/aromatic N) is 2. The summed E-state index contributed by atoms with van der Waals surface area (Å²) in [5.41, 5.74) is 10.4. The maximum absolute atomic E-state index is 12.5. The first-order chi connectivity index (χ1) is 14.7. The molecule has 0 spiro atoms. The van der Waals surface area contributed by atoms with Gasteiger partial charge in [-0.05, 0) is 56.2 Å². The van der Waals surface area contributed by atoms with Crippen LogP contribution < -0.4 is 21.1 Å². The van der Waals surface area contributed by atoms with Gasteiger partial charge >= 0.3 is 0 Å². The summed E-state index contributed by atoms with van der Waals surface area (Å²) in [6.07, 6.45) is 6.32. The molecule has 2 saturated heterocycles. The molecule has 1 amide bonds. The highest BCUT2D eigenvalue weighted by Crippen LogP contribution is 2.33. The van der Waals surface area contributed by atoms with Crippen molar-refractivity contribution in [3.05, 3.63) is 59.3 Å². The second kappa shape index (κ2) is 8.36. The maximum atomic E-state index is 12.5. The molecule has 2 aromatic rings. The van der Waals surface area contributed by atoms with Gasteiger partial charge in [-0.15, -0.1) is 0 Å². The molecule has 3 heterocycles. The van der Waals surface area contributed by atoms with Crippen LogP contribution in [-0.2, 0) is 0 Å². The van der Waals surface area contributed by atoms with E-state index < -0.39 is 0 Å². The summed E-state index contributed by atoms with van der Waals surface area (Å²) >= 11 is 0. The molecule has 6 nitrogen and oxygen atoms in total. The van der Waals surface area contributed by atoms with Crippen LogP contribution in [0, 0.1) is 12.8 Å². The van der Waals surface area contributed by atoms with Crippen LogP contribution >= 0.6 is 0 Å². The van der Waals surface area contributed by atoms with Crippen LogP contribution in [0.3, 0.4) is 0 Å². The first kappa shape index (κ1) is 19.5. The molecule has 5 rings (SSSR count). The van der Waals surface area contributed by atoms with Crippen molar-refractivity contribution in [2.75, 3.05) is 24.5 Å². The lowest BCUT2D eigenvalue weighted by atomic mass is 9.81. The number of aryl methyl sites for hydroxylation is 1. The zero-order valence-electron chi connectivity index (χ0n) is 17.6. The molecule has 3 aliphatic rings. The van der Waals surface area contributed by atoms with Gasteiger partial charge in [0.05, 0.1) is 0 Å². The van der Waals surface area contributed by atoms with Crippen molar-refractivity contribution in [1.82, 2.24) is 21.2 Å². The van der Waals surface area contributed by atoms with E-state index in [2.05, 4.69) is 57.2 Å². The van der Waals surface area contributed by atoms with E-state index in [-0.39, 0.29) is 5.91 Å². The molecule has 0 radical (unpaired) electrons. The van der Waals surface area contributed by atoms with Gasteiger partial charge in [-0.25, -0.2) is 4.98 Å². The Balaban J connectivity index is 1.29. The Morgan fingerprint density at radius 2 is 2.00 bits per heavy atom. The summed E-state index contributed by atoms with van der Waals surface area (Å²) in [5.74, 6) is 1.95. The van der Waals surface area contributed by atoms with E-state index in [1.54, 1.807) is 6.20 Å². The molecule has 1 aromatic heterocycles. The Labute approximate surface area is 178 Å². The number of carbonyl (C=O) groups excluding carboxylic acids is 1. The Morgan fingerprint density at radius 3 is 2.80 bits per heavy atom. The molecule has 6 heteroatoms. The Bertz CT molecular complexity index is 895. The Hall–Kier alpha value is -2.44. The van der Waals surface area contributed by atoms with E-state index in [4.69, 9.17) is 0 Å². The second-order valence-electron chi connectivity index (χ2n) is 9.07. The van der Waals surface area contributed by atoms with Gasteiger partial charge in [-0.1, -0.05) is 29.8 Å². The molecule has 30 heavy (non-hydrogen) atoms. The van der Waals surface area contributed by atoms with Crippen molar-refractivity contribution in [1.29, 1.82) is 0 Å². The third kappa shape index (κ3) is 4.20. The van der Waals surface area contributed by atoms with E-state index >= 15 is 0 Å². The fourth-order valence-corrected chi connectivity index (χ4v) is 4.84. The van der Waals surface area contributed by atoms with Gasteiger partial charge < -0.3 is 10.2 Å². The summed E-state index contributed by atoms with van der Waals surface area (Å²) in [5, 5.41) is 3.08. The number of anilines is 1. The molecule has 2 aliphatic heterocycles. The van der Waals surface area contributed by atoms with Gasteiger partial charge in [0, 0.05) is 49.4 Å². The number of piperidine rings is 1. The molecule has 1 saturated carbocycles. The summed E-state index contributed by atoms with van der Waals surface area (Å²) in [7, 11) is 0. The highest BCUT2D eigenvalue weighted by Gasteiger charge is 2.37. The van der Waals surface area contributed by atoms with E-state index in [1.807, 2.05) is 12.1 Å². The predicted molar refractivity (Wildman–Crippen MR) is 119 cm³/mol. The molecule has 3 atom stereocenters. The minimum absolute atomic E-state index is 0.0239. The molecule has 3 fully saturated rings. The van der Waals surface area contributed by atoms with Crippen molar-refractivity contribution in [2.45, 2.75) is 50.6 Å². The minimum Gasteiger partial charge on any atom is -0.356 e. The standard InChI is InChI=1S/C24H31N5O/c1-16-4-6-17(7-5-16)21-14-26-28-23(21)19-3-2-12-29(15-19)22-13-18(10-11-25-22)24(30)27-20-8-9-20/h4-7,10-11,13,19-21,23,26,28H,2-3,8-9,12,14-15H2,1H3,(H,27,30). The first-order valence-electron chi connectivity index (χ1n) is 11.2. The SMILES string of the molecule is Cc1ccc(C2CNNC2C2CCCN(c3cc(C(=O)NC4CC4)ccn3)C2)cc1. The highest BCUT2D eigenvalue weighted by molar-refractivity contribution is 5.95. The van der Waals surface area contributed by atoms with Crippen molar-refractivity contribution >= 4 is 11.7 Å². The van der Waals surface area contributed by atoms with Crippen LogP contribution in [0.1, 0.15) is 53.1 Å². The van der Waals surface area contributed by atoms with Crippen molar-refractivity contribution in [2.24, 2.45) is 5.92 Å². The van der Waals surface area contributed by atoms with Crippen LogP contribution in [0.4, 0.5) is 5.82 Å². The summed E-state index contributed by atoms with van der Waals surface area (Å²) < 4.78 is 0. The number of hydrogen-bond donors (Lipinski definition) is 3. The fourth-order valence-electron chi connectivity index (χ4n) is 4.84. The van der Waals surface area contributed by atoms with Crippen molar-refractivity contribution in [3.8, 4) is 0 Å². The second-order valence-corrected chi connectivity index (χ2v) is 9.07. The van der Waals surface area contributed by atoms with E-state index in [9.17, 15) is 4.79 Å². The van der Waals surface area contributed by atoms with Gasteiger partial charge in [0.2, 0.25) is 0 Å². The van der Waals surface area contributed by atoms with Crippen LogP contribution in [0.2, 0.25) is 0 Å². The van der Waals surface area contributed by atoms with Gasteiger partial charge in [0.1, 0.15) is 5.82 Å². The number of nitrogens with one attached hydrogen (secondary N) is 3. The highest BCUT2D eigenvalue weighted by atomic mass is 16.1. The van der Waals surface area contributed by atoms with Crippen molar-refractivity contribution in [3.63, 3.8) is 0 Å². The van der Waals surface area contributed by atoms with Crippen LogP contribution in [0.15, 0.2) is 42.6 Å². The molecule has 158 valence electrons. The van der Waals surface area contributed by atoms with Crippen molar-refractivity contribution < 1.29 is 4.79 Å². The third-order valence-corrected chi connectivity index (χ3v) is 6.74. The van der Waals surface area contributed by atoms with E-state index in [0.29, 0.717) is 29.5 Å².